The minimum Gasteiger partial charge on any atom is -0.507 e. The molecule has 0 aliphatic carbocycles. The van der Waals surface area contributed by atoms with Crippen molar-refractivity contribution in [2.75, 3.05) is 13.2 Å². The molecule has 0 amide bonds. The Hall–Kier alpha value is -1.56. The summed E-state index contributed by atoms with van der Waals surface area (Å²) in [5.74, 6) is -0.0534. The molecular weight excluding hydrogens is 324 g/mol. The number of aromatic hydroxyl groups is 2. The van der Waals surface area contributed by atoms with Gasteiger partial charge in [-0.3, -0.25) is 0 Å². The number of ether oxygens (including phenoxy) is 2. The van der Waals surface area contributed by atoms with Crippen molar-refractivity contribution >= 4 is 15.9 Å². The van der Waals surface area contributed by atoms with Crippen LogP contribution in [0, 0.1) is 0 Å². The molecule has 0 bridgehead atoms. The van der Waals surface area contributed by atoms with Gasteiger partial charge in [0.15, 0.2) is 6.29 Å². The van der Waals surface area contributed by atoms with E-state index >= 15 is 0 Å². The third-order valence-corrected chi connectivity index (χ3v) is 4.01. The van der Waals surface area contributed by atoms with Crippen LogP contribution < -0.4 is 0 Å². The van der Waals surface area contributed by atoms with Crippen LogP contribution in [0.25, 0.3) is 11.1 Å². The highest BCUT2D eigenvalue weighted by molar-refractivity contribution is 9.10. The molecular formula is C15H13BrO4. The van der Waals surface area contributed by atoms with E-state index in [2.05, 4.69) is 15.9 Å². The van der Waals surface area contributed by atoms with Crippen LogP contribution in [-0.2, 0) is 9.47 Å². The van der Waals surface area contributed by atoms with Crippen molar-refractivity contribution in [1.82, 2.24) is 0 Å². The zero-order valence-corrected chi connectivity index (χ0v) is 12.1. The summed E-state index contributed by atoms with van der Waals surface area (Å²) in [6, 6.07) is 10.8. The smallest absolute Gasteiger partial charge is 0.185 e. The van der Waals surface area contributed by atoms with Gasteiger partial charge in [-0.2, -0.15) is 0 Å². The summed E-state index contributed by atoms with van der Waals surface area (Å²) in [4.78, 5) is 0. The van der Waals surface area contributed by atoms with Crippen molar-refractivity contribution in [3.63, 3.8) is 0 Å². The lowest BCUT2D eigenvalue weighted by Gasteiger charge is -2.19. The second-order valence-corrected chi connectivity index (χ2v) is 5.25. The summed E-state index contributed by atoms with van der Waals surface area (Å²) in [5.41, 5.74) is 2.04. The highest BCUT2D eigenvalue weighted by Gasteiger charge is 2.28. The molecule has 1 heterocycles. The fourth-order valence-corrected chi connectivity index (χ4v) is 2.80. The maximum Gasteiger partial charge on any atom is 0.185 e. The molecule has 3 rings (SSSR count). The Balaban J connectivity index is 2.24. The van der Waals surface area contributed by atoms with Gasteiger partial charge in [-0.1, -0.05) is 30.3 Å². The fourth-order valence-electron chi connectivity index (χ4n) is 2.31. The third kappa shape index (κ3) is 2.28. The SMILES string of the molecule is Oc1cc(O)c(-c2ccccc2)c(C2OCCO2)c1Br. The summed E-state index contributed by atoms with van der Waals surface area (Å²) in [6.07, 6.45) is -0.599. The molecule has 5 heteroatoms. The maximum atomic E-state index is 10.2. The lowest BCUT2D eigenvalue weighted by atomic mass is 9.97. The van der Waals surface area contributed by atoms with Gasteiger partial charge in [-0.05, 0) is 21.5 Å². The second kappa shape index (κ2) is 5.44. The molecule has 1 fully saturated rings. The van der Waals surface area contributed by atoms with E-state index in [1.165, 1.54) is 6.07 Å². The Kier molecular flexibility index (Phi) is 3.65. The van der Waals surface area contributed by atoms with Gasteiger partial charge in [0, 0.05) is 17.2 Å². The van der Waals surface area contributed by atoms with E-state index in [1.54, 1.807) is 0 Å². The second-order valence-electron chi connectivity index (χ2n) is 4.46. The lowest BCUT2D eigenvalue weighted by Crippen LogP contribution is -2.02. The van der Waals surface area contributed by atoms with Crippen LogP contribution in [0.2, 0.25) is 0 Å². The van der Waals surface area contributed by atoms with Crippen LogP contribution in [0.15, 0.2) is 40.9 Å². The van der Waals surface area contributed by atoms with Gasteiger partial charge in [0.05, 0.1) is 17.7 Å². The van der Waals surface area contributed by atoms with Crippen LogP contribution in [0.4, 0.5) is 0 Å². The van der Waals surface area contributed by atoms with E-state index in [1.807, 2.05) is 30.3 Å². The molecule has 2 N–H and O–H groups in total. The van der Waals surface area contributed by atoms with E-state index in [-0.39, 0.29) is 11.5 Å². The Morgan fingerprint density at radius 3 is 2.30 bits per heavy atom. The zero-order valence-electron chi connectivity index (χ0n) is 10.5. The number of hydrogen-bond acceptors (Lipinski definition) is 4. The summed E-state index contributed by atoms with van der Waals surface area (Å²) in [7, 11) is 0. The molecule has 20 heavy (non-hydrogen) atoms. The fraction of sp³-hybridized carbons (Fsp3) is 0.200. The number of benzene rings is 2. The van der Waals surface area contributed by atoms with E-state index in [9.17, 15) is 10.2 Å². The van der Waals surface area contributed by atoms with E-state index in [0.717, 1.165) is 5.56 Å². The third-order valence-electron chi connectivity index (χ3n) is 3.18. The van der Waals surface area contributed by atoms with Crippen molar-refractivity contribution in [2.24, 2.45) is 0 Å². The van der Waals surface area contributed by atoms with Gasteiger partial charge >= 0.3 is 0 Å². The standard InChI is InChI=1S/C15H13BrO4/c16-14-11(18)8-10(17)12(9-4-2-1-3-5-9)13(14)15-19-6-7-20-15/h1-5,8,15,17-18H,6-7H2. The minimum atomic E-state index is -0.599. The van der Waals surface area contributed by atoms with Crippen molar-refractivity contribution in [1.29, 1.82) is 0 Å². The number of rotatable bonds is 2. The van der Waals surface area contributed by atoms with Gasteiger partial charge in [0.25, 0.3) is 0 Å². The summed E-state index contributed by atoms with van der Waals surface area (Å²) >= 11 is 3.35. The molecule has 4 nitrogen and oxygen atoms in total. The first-order valence-corrected chi connectivity index (χ1v) is 7.00. The molecule has 0 unspecified atom stereocenters. The van der Waals surface area contributed by atoms with Gasteiger partial charge < -0.3 is 19.7 Å². The topological polar surface area (TPSA) is 58.9 Å². The zero-order chi connectivity index (χ0) is 14.1. The summed E-state index contributed by atoms with van der Waals surface area (Å²) in [5, 5.41) is 20.1. The van der Waals surface area contributed by atoms with Crippen LogP contribution in [-0.4, -0.2) is 23.4 Å². The Morgan fingerprint density at radius 1 is 1.00 bits per heavy atom. The monoisotopic (exact) mass is 336 g/mol. The molecule has 0 saturated carbocycles. The van der Waals surface area contributed by atoms with E-state index in [4.69, 9.17) is 9.47 Å². The molecule has 0 spiro atoms. The average molecular weight is 337 g/mol. The Labute approximate surface area is 124 Å². The molecule has 0 aromatic heterocycles. The first kappa shape index (κ1) is 13.4. The number of phenols is 2. The first-order chi connectivity index (χ1) is 9.68. The summed E-state index contributed by atoms with van der Waals surface area (Å²) in [6.45, 7) is 0.976. The largest absolute Gasteiger partial charge is 0.507 e. The highest BCUT2D eigenvalue weighted by atomic mass is 79.9. The van der Waals surface area contributed by atoms with Crippen LogP contribution >= 0.6 is 15.9 Å². The molecule has 104 valence electrons. The van der Waals surface area contributed by atoms with Crippen molar-refractivity contribution < 1.29 is 19.7 Å². The van der Waals surface area contributed by atoms with Crippen molar-refractivity contribution in [3.8, 4) is 22.6 Å². The predicted octanol–water partition coefficient (Wildman–Crippen LogP) is 3.57. The van der Waals surface area contributed by atoms with Gasteiger partial charge in [-0.25, -0.2) is 0 Å². The maximum absolute atomic E-state index is 10.2. The normalized spacial score (nSPS) is 15.7. The first-order valence-electron chi connectivity index (χ1n) is 6.21. The predicted molar refractivity (Wildman–Crippen MR) is 77.6 cm³/mol. The quantitative estimate of drug-likeness (QED) is 0.880. The minimum absolute atomic E-state index is 0.00833. The molecule has 1 saturated heterocycles. The summed E-state index contributed by atoms with van der Waals surface area (Å²) < 4.78 is 11.5. The van der Waals surface area contributed by atoms with Crippen molar-refractivity contribution in [3.05, 3.63) is 46.4 Å². The Bertz CT molecular complexity index is 622. The molecule has 0 atom stereocenters. The number of hydrogen-bond donors (Lipinski definition) is 2. The number of halogens is 1. The molecule has 1 aliphatic heterocycles. The van der Waals surface area contributed by atoms with Crippen LogP contribution in [0.5, 0.6) is 11.5 Å². The van der Waals surface area contributed by atoms with Gasteiger partial charge in [0.2, 0.25) is 0 Å². The van der Waals surface area contributed by atoms with E-state index in [0.29, 0.717) is 28.8 Å². The highest BCUT2D eigenvalue weighted by Crippen LogP contribution is 2.46. The average Bonchev–Trinajstić information content (AvgIpc) is 2.97. The van der Waals surface area contributed by atoms with Crippen LogP contribution in [0.3, 0.4) is 0 Å². The molecule has 2 aromatic rings. The van der Waals surface area contributed by atoms with Crippen LogP contribution in [0.1, 0.15) is 11.9 Å². The van der Waals surface area contributed by atoms with E-state index < -0.39 is 6.29 Å². The Morgan fingerprint density at radius 2 is 1.65 bits per heavy atom. The van der Waals surface area contributed by atoms with Crippen molar-refractivity contribution in [2.45, 2.75) is 6.29 Å². The molecule has 2 aromatic carbocycles. The lowest BCUT2D eigenvalue weighted by molar-refractivity contribution is -0.0444. The van der Waals surface area contributed by atoms with Gasteiger partial charge in [0.1, 0.15) is 11.5 Å². The molecule has 1 aliphatic rings. The van der Waals surface area contributed by atoms with Gasteiger partial charge in [-0.15, -0.1) is 0 Å². The molecule has 0 radical (unpaired) electrons. The number of phenolic OH excluding ortho intramolecular Hbond substituents is 2.